The Balaban J connectivity index is 2.27. The quantitative estimate of drug-likeness (QED) is 0.768. The predicted octanol–water partition coefficient (Wildman–Crippen LogP) is 0.363. The molecular formula is C9H15N3OS. The summed E-state index contributed by atoms with van der Waals surface area (Å²) in [6, 6.07) is 0. The van der Waals surface area contributed by atoms with Crippen LogP contribution < -0.4 is 5.32 Å². The monoisotopic (exact) mass is 213 g/mol. The van der Waals surface area contributed by atoms with Crippen molar-refractivity contribution in [1.82, 2.24) is 15.2 Å². The van der Waals surface area contributed by atoms with E-state index in [-0.39, 0.29) is 5.91 Å². The summed E-state index contributed by atoms with van der Waals surface area (Å²) in [6.45, 7) is 1.13. The number of aromatic nitrogens is 1. The number of rotatable bonds is 5. The second-order valence-corrected chi connectivity index (χ2v) is 4.00. The Morgan fingerprint density at radius 2 is 2.50 bits per heavy atom. The fourth-order valence-electron chi connectivity index (χ4n) is 1.05. The summed E-state index contributed by atoms with van der Waals surface area (Å²) < 4.78 is 0. The first kappa shape index (κ1) is 11.1. The highest BCUT2D eigenvalue weighted by Gasteiger charge is 2.07. The van der Waals surface area contributed by atoms with E-state index in [2.05, 4.69) is 10.3 Å². The highest BCUT2D eigenvalue weighted by Crippen LogP contribution is 2.04. The first-order valence-corrected chi connectivity index (χ1v) is 5.39. The van der Waals surface area contributed by atoms with Gasteiger partial charge in [0.2, 0.25) is 5.91 Å². The number of nitrogens with one attached hydrogen (secondary N) is 1. The van der Waals surface area contributed by atoms with E-state index in [9.17, 15) is 4.79 Å². The van der Waals surface area contributed by atoms with Gasteiger partial charge in [-0.3, -0.25) is 4.79 Å². The molecular weight excluding hydrogens is 198 g/mol. The molecule has 14 heavy (non-hydrogen) atoms. The van der Waals surface area contributed by atoms with Gasteiger partial charge in [-0.25, -0.2) is 4.98 Å². The first-order valence-electron chi connectivity index (χ1n) is 4.51. The minimum Gasteiger partial charge on any atom is -0.344 e. The zero-order chi connectivity index (χ0) is 10.4. The number of likely N-dealkylation sites (N-methyl/N-ethyl adjacent to an activating group) is 2. The number of nitrogens with zero attached hydrogens (tertiary/aromatic N) is 2. The van der Waals surface area contributed by atoms with E-state index in [0.717, 1.165) is 18.0 Å². The molecule has 0 saturated heterocycles. The number of hydrogen-bond acceptors (Lipinski definition) is 4. The lowest BCUT2D eigenvalue weighted by atomic mass is 10.4. The molecule has 0 radical (unpaired) electrons. The third-order valence-corrected chi connectivity index (χ3v) is 2.74. The Morgan fingerprint density at radius 3 is 3.07 bits per heavy atom. The molecule has 4 nitrogen and oxygen atoms in total. The molecule has 0 aromatic carbocycles. The number of thiazole rings is 1. The van der Waals surface area contributed by atoms with Crippen LogP contribution in [0.3, 0.4) is 0 Å². The van der Waals surface area contributed by atoms with Crippen molar-refractivity contribution in [3.63, 3.8) is 0 Å². The van der Waals surface area contributed by atoms with Crippen molar-refractivity contribution in [2.45, 2.75) is 6.42 Å². The first-order chi connectivity index (χ1) is 6.74. The number of amides is 1. The Kier molecular flexibility index (Phi) is 4.55. The van der Waals surface area contributed by atoms with Gasteiger partial charge in [0.05, 0.1) is 11.6 Å². The van der Waals surface area contributed by atoms with Crippen LogP contribution in [-0.4, -0.2) is 43.0 Å². The van der Waals surface area contributed by atoms with Crippen LogP contribution in [0.15, 0.2) is 11.6 Å². The second kappa shape index (κ2) is 5.72. The van der Waals surface area contributed by atoms with Crippen molar-refractivity contribution in [3.05, 3.63) is 16.6 Å². The summed E-state index contributed by atoms with van der Waals surface area (Å²) in [5.41, 5.74) is 0. The van der Waals surface area contributed by atoms with Crippen molar-refractivity contribution >= 4 is 17.2 Å². The Bertz CT molecular complexity index is 274. The predicted molar refractivity (Wildman–Crippen MR) is 57.4 cm³/mol. The van der Waals surface area contributed by atoms with Crippen molar-refractivity contribution in [2.24, 2.45) is 0 Å². The molecule has 0 fully saturated rings. The van der Waals surface area contributed by atoms with Crippen LogP contribution in [0, 0.1) is 0 Å². The third-order valence-electron chi connectivity index (χ3n) is 1.90. The van der Waals surface area contributed by atoms with Gasteiger partial charge < -0.3 is 10.2 Å². The highest BCUT2D eigenvalue weighted by atomic mass is 32.1. The van der Waals surface area contributed by atoms with Crippen LogP contribution in [-0.2, 0) is 11.2 Å². The van der Waals surface area contributed by atoms with Crippen molar-refractivity contribution < 1.29 is 4.79 Å². The van der Waals surface area contributed by atoms with Gasteiger partial charge in [0.25, 0.3) is 0 Å². The van der Waals surface area contributed by atoms with Crippen molar-refractivity contribution in [3.8, 4) is 0 Å². The fourth-order valence-corrected chi connectivity index (χ4v) is 1.66. The lowest BCUT2D eigenvalue weighted by molar-refractivity contribution is -0.128. The molecule has 1 N–H and O–H groups in total. The molecule has 0 aliphatic heterocycles. The van der Waals surface area contributed by atoms with Gasteiger partial charge >= 0.3 is 0 Å². The molecule has 0 spiro atoms. The molecule has 1 aromatic heterocycles. The second-order valence-electron chi connectivity index (χ2n) is 3.02. The summed E-state index contributed by atoms with van der Waals surface area (Å²) in [4.78, 5) is 17.2. The van der Waals surface area contributed by atoms with E-state index in [1.54, 1.807) is 29.5 Å². The smallest absolute Gasteiger partial charge is 0.236 e. The summed E-state index contributed by atoms with van der Waals surface area (Å²) in [7, 11) is 3.58. The zero-order valence-electron chi connectivity index (χ0n) is 8.49. The van der Waals surface area contributed by atoms with Crippen LogP contribution in [0.4, 0.5) is 0 Å². The fraction of sp³-hybridized carbons (Fsp3) is 0.556. The SMILES string of the molecule is CNCC(=O)N(C)CCc1nccs1. The van der Waals surface area contributed by atoms with Crippen LogP contribution in [0.25, 0.3) is 0 Å². The molecule has 78 valence electrons. The van der Waals surface area contributed by atoms with E-state index in [4.69, 9.17) is 0 Å². The summed E-state index contributed by atoms with van der Waals surface area (Å²) in [5, 5.41) is 5.86. The molecule has 0 aliphatic carbocycles. The zero-order valence-corrected chi connectivity index (χ0v) is 9.30. The largest absolute Gasteiger partial charge is 0.344 e. The Hall–Kier alpha value is -0.940. The molecule has 0 atom stereocenters. The van der Waals surface area contributed by atoms with Gasteiger partial charge in [0, 0.05) is 31.6 Å². The molecule has 0 unspecified atom stereocenters. The third kappa shape index (κ3) is 3.43. The van der Waals surface area contributed by atoms with Crippen LogP contribution in [0.1, 0.15) is 5.01 Å². The number of carbonyl (C=O) groups excluding carboxylic acids is 1. The lowest BCUT2D eigenvalue weighted by Crippen LogP contribution is -2.35. The van der Waals surface area contributed by atoms with Crippen LogP contribution in [0.2, 0.25) is 0 Å². The Labute approximate surface area is 88.0 Å². The van der Waals surface area contributed by atoms with E-state index >= 15 is 0 Å². The van der Waals surface area contributed by atoms with Gasteiger partial charge in [0.1, 0.15) is 0 Å². The van der Waals surface area contributed by atoms with Gasteiger partial charge in [-0.15, -0.1) is 11.3 Å². The van der Waals surface area contributed by atoms with E-state index in [0.29, 0.717) is 6.54 Å². The van der Waals surface area contributed by atoms with E-state index in [1.165, 1.54) is 0 Å². The van der Waals surface area contributed by atoms with Crippen LogP contribution in [0.5, 0.6) is 0 Å². The van der Waals surface area contributed by atoms with Crippen molar-refractivity contribution in [2.75, 3.05) is 27.2 Å². The summed E-state index contributed by atoms with van der Waals surface area (Å²) in [6.07, 6.45) is 2.62. The van der Waals surface area contributed by atoms with Gasteiger partial charge in [-0.2, -0.15) is 0 Å². The van der Waals surface area contributed by atoms with E-state index < -0.39 is 0 Å². The van der Waals surface area contributed by atoms with Gasteiger partial charge in [-0.1, -0.05) is 0 Å². The van der Waals surface area contributed by atoms with Crippen LogP contribution >= 0.6 is 11.3 Å². The average molecular weight is 213 g/mol. The maximum Gasteiger partial charge on any atom is 0.236 e. The van der Waals surface area contributed by atoms with Gasteiger partial charge in [-0.05, 0) is 7.05 Å². The van der Waals surface area contributed by atoms with E-state index in [1.807, 2.05) is 12.4 Å². The molecule has 1 amide bonds. The number of carbonyl (C=O) groups is 1. The summed E-state index contributed by atoms with van der Waals surface area (Å²) >= 11 is 1.63. The molecule has 1 rings (SSSR count). The molecule has 0 saturated carbocycles. The van der Waals surface area contributed by atoms with Gasteiger partial charge in [0.15, 0.2) is 0 Å². The molecule has 1 heterocycles. The molecule has 0 bridgehead atoms. The summed E-state index contributed by atoms with van der Waals surface area (Å²) in [5.74, 6) is 0.115. The normalized spacial score (nSPS) is 10.1. The minimum absolute atomic E-state index is 0.115. The average Bonchev–Trinajstić information content (AvgIpc) is 2.67. The maximum absolute atomic E-state index is 11.3. The molecule has 1 aromatic rings. The lowest BCUT2D eigenvalue weighted by Gasteiger charge is -2.15. The number of hydrogen-bond donors (Lipinski definition) is 1. The molecule has 0 aliphatic rings. The maximum atomic E-state index is 11.3. The van der Waals surface area contributed by atoms with Crippen molar-refractivity contribution in [1.29, 1.82) is 0 Å². The topological polar surface area (TPSA) is 45.2 Å². The minimum atomic E-state index is 0.115. The highest BCUT2D eigenvalue weighted by molar-refractivity contribution is 7.09. The molecule has 5 heteroatoms. The Morgan fingerprint density at radius 1 is 1.71 bits per heavy atom. The standard InChI is InChI=1S/C9H15N3OS/c1-10-7-9(13)12(2)5-3-8-11-4-6-14-8/h4,6,10H,3,5,7H2,1-2H3.